The number of carbonyl (C=O) groups excluding carboxylic acids is 3. The van der Waals surface area contributed by atoms with Crippen molar-refractivity contribution in [3.8, 4) is 0 Å². The Kier molecular flexibility index (Phi) is 3.58. The van der Waals surface area contributed by atoms with Crippen molar-refractivity contribution in [1.82, 2.24) is 5.06 Å². The summed E-state index contributed by atoms with van der Waals surface area (Å²) in [6, 6.07) is 0. The molecule has 2 amide bonds. The molecule has 1 saturated heterocycles. The first-order chi connectivity index (χ1) is 11.0. The second-order valence-corrected chi connectivity index (χ2v) is 7.87. The number of hydrogen-bond acceptors (Lipinski definition) is 5. The fourth-order valence-corrected chi connectivity index (χ4v) is 5.46. The van der Waals surface area contributed by atoms with E-state index in [1.807, 2.05) is 0 Å². The lowest BCUT2D eigenvalue weighted by Gasteiger charge is -2.39. The van der Waals surface area contributed by atoms with Gasteiger partial charge in [0.25, 0.3) is 11.8 Å². The van der Waals surface area contributed by atoms with E-state index in [0.29, 0.717) is 11.7 Å². The summed E-state index contributed by atoms with van der Waals surface area (Å²) >= 11 is 0. The summed E-state index contributed by atoms with van der Waals surface area (Å²) in [5.41, 5.74) is 0.0802. The Morgan fingerprint density at radius 3 is 2.65 bits per heavy atom. The van der Waals surface area contributed by atoms with Crippen LogP contribution in [0.15, 0.2) is 0 Å². The van der Waals surface area contributed by atoms with Crippen molar-refractivity contribution in [3.05, 3.63) is 0 Å². The first kappa shape index (κ1) is 15.0. The van der Waals surface area contributed by atoms with Gasteiger partial charge >= 0.3 is 6.16 Å². The van der Waals surface area contributed by atoms with E-state index in [9.17, 15) is 14.4 Å². The van der Waals surface area contributed by atoms with Gasteiger partial charge in [-0.1, -0.05) is 17.9 Å². The predicted molar refractivity (Wildman–Crippen MR) is 78.7 cm³/mol. The average molecular weight is 321 g/mol. The Hall–Kier alpha value is -1.59. The lowest BCUT2D eigenvalue weighted by Crippen LogP contribution is -2.37. The molecule has 0 N–H and O–H groups in total. The third kappa shape index (κ3) is 2.72. The molecule has 23 heavy (non-hydrogen) atoms. The van der Waals surface area contributed by atoms with E-state index in [1.165, 1.54) is 25.7 Å². The summed E-state index contributed by atoms with van der Waals surface area (Å²) in [4.78, 5) is 39.6. The monoisotopic (exact) mass is 321 g/mol. The summed E-state index contributed by atoms with van der Waals surface area (Å²) in [5, 5.41) is 0.549. The number of fused-ring (bicyclic) bond motifs is 2. The van der Waals surface area contributed by atoms with Crippen molar-refractivity contribution in [1.29, 1.82) is 0 Å². The Balaban J connectivity index is 1.36. The number of imide groups is 1. The summed E-state index contributed by atoms with van der Waals surface area (Å²) < 4.78 is 5.33. The van der Waals surface area contributed by atoms with Crippen LogP contribution in [-0.4, -0.2) is 29.6 Å². The van der Waals surface area contributed by atoms with Gasteiger partial charge in [-0.25, -0.2) is 4.79 Å². The molecule has 0 aromatic heterocycles. The van der Waals surface area contributed by atoms with Crippen LogP contribution in [0.3, 0.4) is 0 Å². The molecule has 4 aliphatic rings. The molecule has 6 nitrogen and oxygen atoms in total. The first-order valence-electron chi connectivity index (χ1n) is 8.75. The highest BCUT2D eigenvalue weighted by molar-refractivity contribution is 6.01. The molecule has 0 spiro atoms. The van der Waals surface area contributed by atoms with Crippen LogP contribution in [0.4, 0.5) is 4.79 Å². The molecule has 0 radical (unpaired) electrons. The number of rotatable bonds is 3. The maximum Gasteiger partial charge on any atom is 0.533 e. The fraction of sp³-hybridized carbons (Fsp3) is 0.824. The molecule has 1 heterocycles. The first-order valence-corrected chi connectivity index (χ1v) is 8.75. The van der Waals surface area contributed by atoms with Crippen LogP contribution >= 0.6 is 0 Å². The van der Waals surface area contributed by atoms with E-state index in [2.05, 4.69) is 0 Å². The zero-order valence-electron chi connectivity index (χ0n) is 13.3. The minimum atomic E-state index is -0.929. The van der Waals surface area contributed by atoms with Crippen molar-refractivity contribution < 1.29 is 24.0 Å². The minimum absolute atomic E-state index is 0.0802. The van der Waals surface area contributed by atoms with Crippen molar-refractivity contribution >= 4 is 18.0 Å². The van der Waals surface area contributed by atoms with Crippen LogP contribution in [0.2, 0.25) is 0 Å². The standard InChI is InChI=1S/C17H23NO5/c19-14-3-4-15(20)18(14)23-16(21)22-10-17-5-1-2-12-6-11(8-17)7-13(12)9-17/h11-13H,1-10H2. The van der Waals surface area contributed by atoms with Gasteiger partial charge in [0, 0.05) is 18.3 Å². The molecule has 3 bridgehead atoms. The van der Waals surface area contributed by atoms with Crippen LogP contribution in [0, 0.1) is 23.2 Å². The second-order valence-electron chi connectivity index (χ2n) is 7.87. The predicted octanol–water partition coefficient (Wildman–Crippen LogP) is 2.81. The number of carbonyl (C=O) groups is 3. The number of amides is 2. The lowest BCUT2D eigenvalue weighted by molar-refractivity contribution is -0.178. The Bertz CT molecular complexity index is 531. The molecule has 4 unspecified atom stereocenters. The normalized spacial score (nSPS) is 38.8. The molecule has 4 atom stereocenters. The highest BCUT2D eigenvalue weighted by Gasteiger charge is 2.50. The summed E-state index contributed by atoms with van der Waals surface area (Å²) in [6.07, 6.45) is 7.84. The van der Waals surface area contributed by atoms with Crippen LogP contribution in [0.1, 0.15) is 57.8 Å². The summed E-state index contributed by atoms with van der Waals surface area (Å²) in [7, 11) is 0. The highest BCUT2D eigenvalue weighted by Crippen LogP contribution is 2.58. The maximum absolute atomic E-state index is 11.9. The molecular formula is C17H23NO5. The summed E-state index contributed by atoms with van der Waals surface area (Å²) in [6.45, 7) is 0.349. The maximum atomic E-state index is 11.9. The SMILES string of the molecule is O=C(OCC12CCCC3CC(CC3C1)C2)ON1C(=O)CCC1=O. The molecule has 0 aromatic rings. The molecule has 1 aliphatic heterocycles. The van der Waals surface area contributed by atoms with Crippen LogP contribution in [0.5, 0.6) is 0 Å². The molecule has 0 aromatic carbocycles. The van der Waals surface area contributed by atoms with Crippen LogP contribution < -0.4 is 0 Å². The van der Waals surface area contributed by atoms with Gasteiger partial charge in [-0.15, -0.1) is 0 Å². The number of nitrogens with zero attached hydrogens (tertiary/aromatic N) is 1. The minimum Gasteiger partial charge on any atom is -0.432 e. The van der Waals surface area contributed by atoms with Crippen LogP contribution in [-0.2, 0) is 19.2 Å². The van der Waals surface area contributed by atoms with E-state index in [0.717, 1.165) is 37.0 Å². The number of hydrogen-bond donors (Lipinski definition) is 0. The van der Waals surface area contributed by atoms with Gasteiger partial charge in [-0.2, -0.15) is 0 Å². The average Bonchev–Trinajstić information content (AvgIpc) is 2.93. The Morgan fingerprint density at radius 2 is 1.87 bits per heavy atom. The lowest BCUT2D eigenvalue weighted by atomic mass is 9.68. The molecule has 126 valence electrons. The van der Waals surface area contributed by atoms with E-state index in [-0.39, 0.29) is 18.3 Å². The van der Waals surface area contributed by atoms with Crippen molar-refractivity contribution in [2.24, 2.45) is 23.2 Å². The zero-order chi connectivity index (χ0) is 16.0. The van der Waals surface area contributed by atoms with E-state index < -0.39 is 18.0 Å². The fourth-order valence-electron chi connectivity index (χ4n) is 5.46. The van der Waals surface area contributed by atoms with Crippen molar-refractivity contribution in [2.45, 2.75) is 57.8 Å². The Morgan fingerprint density at radius 1 is 1.13 bits per heavy atom. The summed E-state index contributed by atoms with van der Waals surface area (Å²) in [5.74, 6) is 1.49. The van der Waals surface area contributed by atoms with E-state index in [1.54, 1.807) is 0 Å². The smallest absolute Gasteiger partial charge is 0.432 e. The van der Waals surface area contributed by atoms with Gasteiger partial charge in [0.15, 0.2) is 0 Å². The molecule has 4 rings (SSSR count). The van der Waals surface area contributed by atoms with Crippen molar-refractivity contribution in [3.63, 3.8) is 0 Å². The van der Waals surface area contributed by atoms with Gasteiger partial charge in [0.05, 0.1) is 0 Å². The van der Waals surface area contributed by atoms with Gasteiger partial charge in [0.2, 0.25) is 0 Å². The quantitative estimate of drug-likeness (QED) is 0.590. The van der Waals surface area contributed by atoms with Gasteiger partial charge in [-0.05, 0) is 49.9 Å². The molecule has 3 aliphatic carbocycles. The largest absolute Gasteiger partial charge is 0.533 e. The molecule has 3 saturated carbocycles. The van der Waals surface area contributed by atoms with Gasteiger partial charge < -0.3 is 4.74 Å². The number of hydroxylamine groups is 2. The Labute approximate surface area is 135 Å². The van der Waals surface area contributed by atoms with Crippen LogP contribution in [0.25, 0.3) is 0 Å². The third-order valence-corrected chi connectivity index (χ3v) is 6.31. The third-order valence-electron chi connectivity index (χ3n) is 6.31. The molecule has 4 fully saturated rings. The molecule has 6 heteroatoms. The topological polar surface area (TPSA) is 72.9 Å². The number of ether oxygens (including phenoxy) is 1. The highest BCUT2D eigenvalue weighted by atomic mass is 16.8. The van der Waals surface area contributed by atoms with E-state index >= 15 is 0 Å². The molecular weight excluding hydrogens is 298 g/mol. The van der Waals surface area contributed by atoms with E-state index in [4.69, 9.17) is 9.57 Å². The van der Waals surface area contributed by atoms with Gasteiger partial charge in [0.1, 0.15) is 6.61 Å². The van der Waals surface area contributed by atoms with Crippen molar-refractivity contribution in [2.75, 3.05) is 6.61 Å². The zero-order valence-corrected chi connectivity index (χ0v) is 13.3. The second kappa shape index (κ2) is 5.49. The van der Waals surface area contributed by atoms with Gasteiger partial charge in [-0.3, -0.25) is 14.4 Å².